The summed E-state index contributed by atoms with van der Waals surface area (Å²) in [5.74, 6) is 1.86. The van der Waals surface area contributed by atoms with Gasteiger partial charge in [0.2, 0.25) is 0 Å². The van der Waals surface area contributed by atoms with E-state index in [1.54, 1.807) is 19.2 Å². The molecule has 0 aromatic heterocycles. The highest BCUT2D eigenvalue weighted by molar-refractivity contribution is 7.89. The highest BCUT2D eigenvalue weighted by Gasteiger charge is 2.51. The lowest BCUT2D eigenvalue weighted by Gasteiger charge is -2.34. The van der Waals surface area contributed by atoms with Crippen molar-refractivity contribution in [1.29, 1.82) is 0 Å². The third-order valence-electron chi connectivity index (χ3n) is 6.72. The van der Waals surface area contributed by atoms with Crippen molar-refractivity contribution in [3.05, 3.63) is 71.5 Å². The summed E-state index contributed by atoms with van der Waals surface area (Å²) < 4.78 is 41.1. The molecule has 0 spiro atoms. The summed E-state index contributed by atoms with van der Waals surface area (Å²) in [4.78, 5) is 0.267. The zero-order chi connectivity index (χ0) is 23.9. The molecule has 3 rings (SSSR count). The first-order chi connectivity index (χ1) is 14.7. The molecule has 32 heavy (non-hydrogen) atoms. The fourth-order valence-corrected chi connectivity index (χ4v) is 8.62. The van der Waals surface area contributed by atoms with Gasteiger partial charge in [-0.25, -0.2) is 8.42 Å². The number of hydrogen-bond donors (Lipinski definition) is 0. The van der Waals surface area contributed by atoms with E-state index in [2.05, 4.69) is 25.2 Å². The summed E-state index contributed by atoms with van der Waals surface area (Å²) in [7, 11) is -5.20. The van der Waals surface area contributed by atoms with E-state index in [0.717, 1.165) is 16.1 Å². The highest BCUT2D eigenvalue weighted by Crippen LogP contribution is 2.38. The first-order valence-corrected chi connectivity index (χ1v) is 15.3. The molecular weight excluding hydrogens is 437 g/mol. The molecule has 0 amide bonds. The van der Waals surface area contributed by atoms with Crippen LogP contribution in [-0.2, 0) is 19.3 Å². The fraction of sp³-hybridized carbons (Fsp3) is 0.417. The Labute approximate surface area is 194 Å². The van der Waals surface area contributed by atoms with Crippen LogP contribution in [0.3, 0.4) is 0 Å². The van der Waals surface area contributed by atoms with Gasteiger partial charge in [-0.2, -0.15) is 0 Å². The predicted molar refractivity (Wildman–Crippen MR) is 134 cm³/mol. The van der Waals surface area contributed by atoms with Gasteiger partial charge in [0.15, 0.2) is 0 Å². The van der Waals surface area contributed by atoms with E-state index in [-0.39, 0.29) is 4.90 Å². The van der Waals surface area contributed by atoms with Crippen molar-refractivity contribution in [1.82, 2.24) is 4.31 Å². The van der Waals surface area contributed by atoms with E-state index in [4.69, 9.17) is 9.31 Å². The molecule has 5 nitrogen and oxygen atoms in total. The molecule has 1 heterocycles. The normalized spacial score (nSPS) is 18.6. The Morgan fingerprint density at radius 2 is 1.44 bits per heavy atom. The Kier molecular flexibility index (Phi) is 6.57. The summed E-state index contributed by atoms with van der Waals surface area (Å²) in [6.07, 6.45) is 0. The van der Waals surface area contributed by atoms with Crippen LogP contribution in [0.2, 0.25) is 13.1 Å². The molecule has 8 heteroatoms. The summed E-state index contributed by atoms with van der Waals surface area (Å²) in [6.45, 7) is 14.2. The predicted octanol–water partition coefficient (Wildman–Crippen LogP) is 4.29. The van der Waals surface area contributed by atoms with Gasteiger partial charge < -0.3 is 9.31 Å². The molecule has 172 valence electrons. The van der Waals surface area contributed by atoms with Gasteiger partial charge in [-0.1, -0.05) is 66.3 Å². The van der Waals surface area contributed by atoms with Crippen LogP contribution < -0.4 is 5.19 Å². The van der Waals surface area contributed by atoms with Crippen molar-refractivity contribution in [2.45, 2.75) is 63.8 Å². The summed E-state index contributed by atoms with van der Waals surface area (Å²) >= 11 is 0. The van der Waals surface area contributed by atoms with Gasteiger partial charge in [0.25, 0.3) is 10.0 Å². The van der Waals surface area contributed by atoms with Crippen LogP contribution in [0.15, 0.2) is 70.8 Å². The zero-order valence-electron chi connectivity index (χ0n) is 20.3. The van der Waals surface area contributed by atoms with Gasteiger partial charge in [0.1, 0.15) is 8.07 Å². The molecule has 0 atom stereocenters. The molecule has 1 aliphatic heterocycles. The zero-order valence-corrected chi connectivity index (χ0v) is 22.2. The van der Waals surface area contributed by atoms with E-state index in [1.807, 2.05) is 70.9 Å². The van der Waals surface area contributed by atoms with Crippen LogP contribution >= 0.6 is 0 Å². The Bertz CT molecular complexity index is 1080. The van der Waals surface area contributed by atoms with E-state index in [9.17, 15) is 8.42 Å². The second-order valence-corrected chi connectivity index (χ2v) is 16.3. The van der Waals surface area contributed by atoms with Crippen molar-refractivity contribution in [2.75, 3.05) is 7.05 Å². The van der Waals surface area contributed by atoms with E-state index >= 15 is 0 Å². The minimum Gasteiger partial charge on any atom is -0.400 e. The topological polar surface area (TPSA) is 55.8 Å². The number of benzene rings is 2. The number of hydrogen-bond acceptors (Lipinski definition) is 4. The average Bonchev–Trinajstić information content (AvgIpc) is 2.92. The Hall–Kier alpha value is -1.87. The molecule has 2 aromatic rings. The van der Waals surface area contributed by atoms with Crippen LogP contribution in [-0.4, -0.2) is 46.2 Å². The highest BCUT2D eigenvalue weighted by atomic mass is 32.2. The summed E-state index contributed by atoms with van der Waals surface area (Å²) in [5.41, 5.74) is -0.00305. The summed E-state index contributed by atoms with van der Waals surface area (Å²) in [5, 5.41) is 1.86. The number of sulfonamides is 1. The molecule has 2 aromatic carbocycles. The van der Waals surface area contributed by atoms with Crippen LogP contribution in [0.5, 0.6) is 0 Å². The van der Waals surface area contributed by atoms with Crippen molar-refractivity contribution < 1.29 is 17.7 Å². The first-order valence-electron chi connectivity index (χ1n) is 10.9. The van der Waals surface area contributed by atoms with Gasteiger partial charge >= 0.3 is 7.12 Å². The first kappa shape index (κ1) is 24.8. The average molecular weight is 472 g/mol. The molecule has 1 aliphatic rings. The minimum atomic E-state index is -3.76. The monoisotopic (exact) mass is 471 g/mol. The van der Waals surface area contributed by atoms with E-state index < -0.39 is 36.4 Å². The quantitative estimate of drug-likeness (QED) is 0.590. The molecule has 0 aliphatic carbocycles. The SMILES string of the molecule is Cc1ccc(S(=O)(=O)N(C)/C(=C/B2OC(C)(C)C(C)(C)O2)[Si](C)(C)c2ccccc2)cc1. The van der Waals surface area contributed by atoms with Gasteiger partial charge in [-0.3, -0.25) is 4.31 Å². The number of aryl methyl sites for hydroxylation is 1. The van der Waals surface area contributed by atoms with Crippen molar-refractivity contribution in [3.63, 3.8) is 0 Å². The number of rotatable bonds is 6. The van der Waals surface area contributed by atoms with Crippen molar-refractivity contribution >= 4 is 30.4 Å². The maximum atomic E-state index is 13.6. The number of nitrogens with zero attached hydrogens (tertiary/aromatic N) is 1. The molecule has 0 bridgehead atoms. The third kappa shape index (κ3) is 4.60. The molecule has 1 fully saturated rings. The van der Waals surface area contributed by atoms with Gasteiger partial charge in [-0.05, 0) is 52.7 Å². The Morgan fingerprint density at radius 3 is 1.94 bits per heavy atom. The van der Waals surface area contributed by atoms with E-state index in [0.29, 0.717) is 0 Å². The maximum Gasteiger partial charge on any atom is 0.488 e. The smallest absolute Gasteiger partial charge is 0.400 e. The van der Waals surface area contributed by atoms with Gasteiger partial charge in [0.05, 0.1) is 16.1 Å². The largest absolute Gasteiger partial charge is 0.488 e. The molecule has 0 unspecified atom stereocenters. The lowest BCUT2D eigenvalue weighted by atomic mass is 9.90. The fourth-order valence-electron chi connectivity index (χ4n) is 3.79. The maximum absolute atomic E-state index is 13.6. The van der Waals surface area contributed by atoms with Crippen LogP contribution in [0.4, 0.5) is 0 Å². The van der Waals surface area contributed by atoms with Crippen LogP contribution in [0, 0.1) is 6.92 Å². The Morgan fingerprint density at radius 1 is 0.938 bits per heavy atom. The minimum absolute atomic E-state index is 0.267. The molecular formula is C24H34BNO4SSi. The molecule has 0 radical (unpaired) electrons. The molecule has 0 saturated carbocycles. The second-order valence-electron chi connectivity index (χ2n) is 9.95. The Balaban J connectivity index is 2.12. The second kappa shape index (κ2) is 8.48. The molecule has 0 N–H and O–H groups in total. The van der Waals surface area contributed by atoms with Gasteiger partial charge in [0, 0.05) is 12.4 Å². The van der Waals surface area contributed by atoms with E-state index in [1.165, 1.54) is 4.31 Å². The summed E-state index contributed by atoms with van der Waals surface area (Å²) in [6, 6.07) is 17.0. The van der Waals surface area contributed by atoms with Crippen LogP contribution in [0.1, 0.15) is 33.3 Å². The van der Waals surface area contributed by atoms with Crippen LogP contribution in [0.25, 0.3) is 0 Å². The van der Waals surface area contributed by atoms with Gasteiger partial charge in [-0.15, -0.1) is 0 Å². The standard InChI is InChI=1S/C24H34BNO4SSi/c1-19-14-16-20(17-15-19)31(27,28)26(6)22(32(7,8)21-12-10-9-11-13-21)18-25-29-23(2,3)24(4,5)30-25/h9-18H,1-8H3/b22-18-. The third-order valence-corrected chi connectivity index (χ3v) is 12.2. The van der Waals surface area contributed by atoms with Crippen molar-refractivity contribution in [3.8, 4) is 0 Å². The molecule has 1 saturated heterocycles. The van der Waals surface area contributed by atoms with Crippen molar-refractivity contribution in [2.24, 2.45) is 0 Å². The lowest BCUT2D eigenvalue weighted by Crippen LogP contribution is -2.50. The lowest BCUT2D eigenvalue weighted by molar-refractivity contribution is 0.00578.